The van der Waals surface area contributed by atoms with Crippen LogP contribution in [0.25, 0.3) is 11.3 Å². The summed E-state index contributed by atoms with van der Waals surface area (Å²) < 4.78 is 0. The third-order valence-corrected chi connectivity index (χ3v) is 3.92. The second-order valence-corrected chi connectivity index (χ2v) is 5.53. The second-order valence-electron chi connectivity index (χ2n) is 4.58. The van der Waals surface area contributed by atoms with E-state index in [0.29, 0.717) is 12.0 Å². The highest BCUT2D eigenvalue weighted by atomic mass is 32.1. The lowest BCUT2D eigenvalue weighted by Gasteiger charge is -1.98. The topological polar surface area (TPSA) is 68.9 Å². The number of pyridine rings is 1. The van der Waals surface area contributed by atoms with Gasteiger partial charge in [-0.3, -0.25) is 9.78 Å². The van der Waals surface area contributed by atoms with Crippen LogP contribution in [-0.4, -0.2) is 15.8 Å². The number of ketones is 1. The number of rotatable bonds is 4. The standard InChI is InChI=1S/C16H13N3OS/c17-13-3-1-11(2-4-13)14-10-21-16(19-14)9-15(20)12-5-7-18-8-6-12/h1-8,10H,9,17H2. The van der Waals surface area contributed by atoms with Crippen molar-refractivity contribution in [3.05, 3.63) is 64.7 Å². The third-order valence-electron chi connectivity index (χ3n) is 3.07. The monoisotopic (exact) mass is 295 g/mol. The maximum Gasteiger partial charge on any atom is 0.169 e. The van der Waals surface area contributed by atoms with Crippen molar-refractivity contribution >= 4 is 22.8 Å². The number of benzene rings is 1. The van der Waals surface area contributed by atoms with Crippen LogP contribution in [-0.2, 0) is 6.42 Å². The Labute approximate surface area is 126 Å². The summed E-state index contributed by atoms with van der Waals surface area (Å²) in [4.78, 5) is 20.6. The van der Waals surface area contributed by atoms with E-state index in [1.807, 2.05) is 29.6 Å². The van der Waals surface area contributed by atoms with Crippen LogP contribution in [0.5, 0.6) is 0 Å². The molecule has 0 saturated heterocycles. The Kier molecular flexibility index (Phi) is 3.75. The van der Waals surface area contributed by atoms with Gasteiger partial charge in [-0.05, 0) is 24.3 Å². The molecule has 5 heteroatoms. The first kappa shape index (κ1) is 13.5. The predicted octanol–water partition coefficient (Wildman–Crippen LogP) is 3.21. The predicted molar refractivity (Wildman–Crippen MR) is 84.2 cm³/mol. The van der Waals surface area contributed by atoms with E-state index in [4.69, 9.17) is 5.73 Å². The zero-order chi connectivity index (χ0) is 14.7. The minimum atomic E-state index is 0.0515. The number of hydrogen-bond acceptors (Lipinski definition) is 5. The van der Waals surface area contributed by atoms with E-state index in [1.54, 1.807) is 24.5 Å². The molecule has 1 aromatic carbocycles. The normalized spacial score (nSPS) is 10.5. The molecule has 0 radical (unpaired) electrons. The van der Waals surface area contributed by atoms with Crippen molar-refractivity contribution in [3.8, 4) is 11.3 Å². The van der Waals surface area contributed by atoms with Gasteiger partial charge in [-0.25, -0.2) is 4.98 Å². The van der Waals surface area contributed by atoms with Crippen molar-refractivity contribution in [1.29, 1.82) is 0 Å². The van der Waals surface area contributed by atoms with Gasteiger partial charge in [-0.1, -0.05) is 12.1 Å². The summed E-state index contributed by atoms with van der Waals surface area (Å²) in [5.74, 6) is 0.0515. The first-order valence-electron chi connectivity index (χ1n) is 6.46. The van der Waals surface area contributed by atoms with Crippen molar-refractivity contribution in [2.24, 2.45) is 0 Å². The number of aromatic nitrogens is 2. The molecule has 0 saturated carbocycles. The average molecular weight is 295 g/mol. The molecule has 3 aromatic rings. The Morgan fingerprint density at radius 3 is 2.52 bits per heavy atom. The molecule has 0 aliphatic rings. The number of anilines is 1. The summed E-state index contributed by atoms with van der Waals surface area (Å²) in [6.45, 7) is 0. The van der Waals surface area contributed by atoms with Crippen LogP contribution in [0.2, 0.25) is 0 Å². The lowest BCUT2D eigenvalue weighted by Crippen LogP contribution is -2.03. The van der Waals surface area contributed by atoms with Gasteiger partial charge in [0.2, 0.25) is 0 Å². The third kappa shape index (κ3) is 3.14. The Morgan fingerprint density at radius 1 is 1.10 bits per heavy atom. The Balaban J connectivity index is 1.76. The van der Waals surface area contributed by atoms with Crippen LogP contribution in [0.1, 0.15) is 15.4 Å². The van der Waals surface area contributed by atoms with E-state index < -0.39 is 0 Å². The summed E-state index contributed by atoms with van der Waals surface area (Å²) in [6.07, 6.45) is 3.55. The smallest absolute Gasteiger partial charge is 0.169 e. The highest BCUT2D eigenvalue weighted by Gasteiger charge is 2.11. The van der Waals surface area contributed by atoms with Crippen molar-refractivity contribution in [2.45, 2.75) is 6.42 Å². The lowest BCUT2D eigenvalue weighted by molar-refractivity contribution is 0.0993. The molecule has 0 spiro atoms. The molecule has 0 bridgehead atoms. The molecule has 0 amide bonds. The van der Waals surface area contributed by atoms with Crippen molar-refractivity contribution < 1.29 is 4.79 Å². The van der Waals surface area contributed by atoms with Crippen molar-refractivity contribution in [1.82, 2.24) is 9.97 Å². The Bertz CT molecular complexity index is 751. The van der Waals surface area contributed by atoms with E-state index in [9.17, 15) is 4.79 Å². The number of nitrogens with two attached hydrogens (primary N) is 1. The maximum absolute atomic E-state index is 12.1. The number of nitrogen functional groups attached to an aromatic ring is 1. The summed E-state index contributed by atoms with van der Waals surface area (Å²) >= 11 is 1.49. The fraction of sp³-hybridized carbons (Fsp3) is 0.0625. The number of thiazole rings is 1. The number of carbonyl (C=O) groups excluding carboxylic acids is 1. The van der Waals surface area contributed by atoms with Gasteiger partial charge < -0.3 is 5.73 Å². The zero-order valence-corrected chi connectivity index (χ0v) is 12.0. The quantitative estimate of drug-likeness (QED) is 0.592. The largest absolute Gasteiger partial charge is 0.399 e. The van der Waals surface area contributed by atoms with E-state index >= 15 is 0 Å². The van der Waals surface area contributed by atoms with Gasteiger partial charge in [0.05, 0.1) is 12.1 Å². The minimum absolute atomic E-state index is 0.0515. The average Bonchev–Trinajstić information content (AvgIpc) is 2.97. The molecule has 2 aromatic heterocycles. The summed E-state index contributed by atoms with van der Waals surface area (Å²) in [5, 5.41) is 2.77. The summed E-state index contributed by atoms with van der Waals surface area (Å²) in [7, 11) is 0. The Morgan fingerprint density at radius 2 is 1.81 bits per heavy atom. The molecule has 0 atom stereocenters. The molecule has 0 aliphatic heterocycles. The van der Waals surface area contributed by atoms with Gasteiger partial charge in [0.1, 0.15) is 5.01 Å². The van der Waals surface area contributed by atoms with Crippen LogP contribution < -0.4 is 5.73 Å². The highest BCUT2D eigenvalue weighted by molar-refractivity contribution is 7.10. The highest BCUT2D eigenvalue weighted by Crippen LogP contribution is 2.23. The minimum Gasteiger partial charge on any atom is -0.399 e. The van der Waals surface area contributed by atoms with Gasteiger partial charge in [-0.2, -0.15) is 0 Å². The molecule has 21 heavy (non-hydrogen) atoms. The van der Waals surface area contributed by atoms with Gasteiger partial charge >= 0.3 is 0 Å². The van der Waals surface area contributed by atoms with Gasteiger partial charge in [0.25, 0.3) is 0 Å². The van der Waals surface area contributed by atoms with E-state index in [0.717, 1.165) is 22.0 Å². The van der Waals surface area contributed by atoms with Crippen LogP contribution in [0.15, 0.2) is 54.2 Å². The van der Waals surface area contributed by atoms with Gasteiger partial charge in [0, 0.05) is 34.6 Å². The molecule has 0 unspecified atom stereocenters. The molecule has 3 rings (SSSR count). The fourth-order valence-electron chi connectivity index (χ4n) is 1.96. The van der Waals surface area contributed by atoms with Crippen molar-refractivity contribution in [3.63, 3.8) is 0 Å². The fourth-order valence-corrected chi connectivity index (χ4v) is 2.76. The second kappa shape index (κ2) is 5.85. The molecule has 0 aliphatic carbocycles. The van der Waals surface area contributed by atoms with Crippen LogP contribution >= 0.6 is 11.3 Å². The van der Waals surface area contributed by atoms with E-state index in [-0.39, 0.29) is 5.78 Å². The molecule has 4 nitrogen and oxygen atoms in total. The maximum atomic E-state index is 12.1. The van der Waals surface area contributed by atoms with Gasteiger partial charge in [-0.15, -0.1) is 11.3 Å². The zero-order valence-electron chi connectivity index (χ0n) is 11.2. The summed E-state index contributed by atoms with van der Waals surface area (Å²) in [6, 6.07) is 11.0. The van der Waals surface area contributed by atoms with E-state index in [1.165, 1.54) is 11.3 Å². The lowest BCUT2D eigenvalue weighted by atomic mass is 10.1. The molecule has 2 N–H and O–H groups in total. The molecular formula is C16H13N3OS. The SMILES string of the molecule is Nc1ccc(-c2csc(CC(=O)c3ccncc3)n2)cc1. The molecule has 2 heterocycles. The van der Waals surface area contributed by atoms with Crippen molar-refractivity contribution in [2.75, 3.05) is 5.73 Å². The van der Waals surface area contributed by atoms with E-state index in [2.05, 4.69) is 9.97 Å². The number of nitrogens with zero attached hydrogens (tertiary/aromatic N) is 2. The van der Waals surface area contributed by atoms with Crippen LogP contribution in [0.4, 0.5) is 5.69 Å². The van der Waals surface area contributed by atoms with Crippen LogP contribution in [0, 0.1) is 0 Å². The molecular weight excluding hydrogens is 282 g/mol. The molecule has 104 valence electrons. The number of carbonyl (C=O) groups is 1. The first-order chi connectivity index (χ1) is 10.2. The number of Topliss-reactive ketones (excluding diaryl/α,β-unsaturated/α-hetero) is 1. The van der Waals surface area contributed by atoms with Crippen LogP contribution in [0.3, 0.4) is 0 Å². The summed E-state index contributed by atoms with van der Waals surface area (Å²) in [5.41, 5.74) is 8.93. The van der Waals surface area contributed by atoms with Gasteiger partial charge in [0.15, 0.2) is 5.78 Å². The number of hydrogen-bond donors (Lipinski definition) is 1. The Hall–Kier alpha value is -2.53. The first-order valence-corrected chi connectivity index (χ1v) is 7.34. The molecule has 0 fully saturated rings.